The molecule has 6 nitrogen and oxygen atoms in total. The van der Waals surface area contributed by atoms with E-state index in [0.717, 1.165) is 0 Å². The van der Waals surface area contributed by atoms with Gasteiger partial charge in [0.05, 0.1) is 0 Å². The summed E-state index contributed by atoms with van der Waals surface area (Å²) < 4.78 is 76.1. The summed E-state index contributed by atoms with van der Waals surface area (Å²) >= 11 is 0. The Morgan fingerprint density at radius 3 is 2.11 bits per heavy atom. The Morgan fingerprint density at radius 2 is 1.74 bits per heavy atom. The third-order valence-electron chi connectivity index (χ3n) is 1.68. The van der Waals surface area contributed by atoms with Gasteiger partial charge in [-0.2, -0.15) is 13.2 Å². The summed E-state index contributed by atoms with van der Waals surface area (Å²) in [7, 11) is 0. The van der Waals surface area contributed by atoms with E-state index in [4.69, 9.17) is 0 Å². The highest BCUT2D eigenvalue weighted by Crippen LogP contribution is 2.41. The molecule has 0 fully saturated rings. The van der Waals surface area contributed by atoms with Crippen molar-refractivity contribution in [3.05, 3.63) is 32.1 Å². The Kier molecular flexibility index (Phi) is 3.45. The lowest BCUT2D eigenvalue weighted by atomic mass is 10.2. The standard InChI is InChI=1S/C7H2F6N2O4/c8-6(9,10)2-1-3(16)14-5(15(17)18)4(2)19-7(11,12)13/h1H,(H,14,16). The summed E-state index contributed by atoms with van der Waals surface area (Å²) in [6.45, 7) is 0. The number of alkyl halides is 6. The van der Waals surface area contributed by atoms with E-state index in [2.05, 4.69) is 4.74 Å². The lowest BCUT2D eigenvalue weighted by Crippen LogP contribution is -2.24. The SMILES string of the molecule is O=c1cc(C(F)(F)F)c(OC(F)(F)F)c([N+](=O)[O-])[nH]1. The van der Waals surface area contributed by atoms with Gasteiger partial charge < -0.3 is 14.9 Å². The first-order valence-corrected chi connectivity index (χ1v) is 4.16. The summed E-state index contributed by atoms with van der Waals surface area (Å²) in [5, 5.41) is 10.4. The van der Waals surface area contributed by atoms with E-state index >= 15 is 0 Å². The van der Waals surface area contributed by atoms with Crippen molar-refractivity contribution < 1.29 is 36.0 Å². The van der Waals surface area contributed by atoms with Gasteiger partial charge in [0, 0.05) is 6.07 Å². The van der Waals surface area contributed by atoms with Crippen LogP contribution >= 0.6 is 0 Å². The smallest absolute Gasteiger partial charge is 0.396 e. The van der Waals surface area contributed by atoms with E-state index < -0.39 is 40.2 Å². The van der Waals surface area contributed by atoms with Gasteiger partial charge in [-0.05, 0) is 4.92 Å². The van der Waals surface area contributed by atoms with Crippen LogP contribution in [0, 0.1) is 10.1 Å². The molecule has 19 heavy (non-hydrogen) atoms. The number of hydrogen-bond donors (Lipinski definition) is 1. The molecule has 0 saturated heterocycles. The van der Waals surface area contributed by atoms with Crippen LogP contribution in [0.5, 0.6) is 5.75 Å². The fourth-order valence-electron chi connectivity index (χ4n) is 1.09. The maximum Gasteiger partial charge on any atom is 0.573 e. The number of halogens is 6. The van der Waals surface area contributed by atoms with Crippen molar-refractivity contribution in [2.24, 2.45) is 0 Å². The van der Waals surface area contributed by atoms with Crippen molar-refractivity contribution in [2.45, 2.75) is 12.5 Å². The molecule has 0 aromatic carbocycles. The minimum atomic E-state index is -5.59. The molecule has 0 aliphatic heterocycles. The molecule has 0 aliphatic rings. The van der Waals surface area contributed by atoms with Crippen molar-refractivity contribution in [3.63, 3.8) is 0 Å². The Morgan fingerprint density at radius 1 is 1.21 bits per heavy atom. The number of hydrogen-bond acceptors (Lipinski definition) is 4. The molecule has 0 aliphatic carbocycles. The highest BCUT2D eigenvalue weighted by atomic mass is 19.4. The van der Waals surface area contributed by atoms with Gasteiger partial charge >= 0.3 is 23.9 Å². The number of aromatic amines is 1. The molecule has 1 N–H and O–H groups in total. The number of rotatable bonds is 2. The van der Waals surface area contributed by atoms with Gasteiger partial charge in [0.2, 0.25) is 5.75 Å². The van der Waals surface area contributed by atoms with Crippen LogP contribution in [-0.4, -0.2) is 16.3 Å². The predicted molar refractivity (Wildman–Crippen MR) is 45.4 cm³/mol. The fourth-order valence-corrected chi connectivity index (χ4v) is 1.09. The summed E-state index contributed by atoms with van der Waals surface area (Å²) in [4.78, 5) is 20.7. The highest BCUT2D eigenvalue weighted by Gasteiger charge is 2.44. The number of nitro groups is 1. The van der Waals surface area contributed by atoms with Crippen molar-refractivity contribution >= 4 is 5.82 Å². The summed E-state index contributed by atoms with van der Waals surface area (Å²) in [6, 6.07) is -0.270. The van der Waals surface area contributed by atoms with Crippen LogP contribution in [-0.2, 0) is 6.18 Å². The van der Waals surface area contributed by atoms with Crippen LogP contribution in [0.1, 0.15) is 5.56 Å². The molecular weight excluding hydrogens is 290 g/mol. The predicted octanol–water partition coefficient (Wildman–Crippen LogP) is 2.20. The van der Waals surface area contributed by atoms with Gasteiger partial charge in [-0.15, -0.1) is 13.2 Å². The van der Waals surface area contributed by atoms with Crippen molar-refractivity contribution in [1.29, 1.82) is 0 Å². The molecule has 0 bridgehead atoms. The Balaban J connectivity index is 3.62. The first-order chi connectivity index (χ1) is 8.42. The van der Waals surface area contributed by atoms with Crippen molar-refractivity contribution in [3.8, 4) is 5.75 Å². The maximum atomic E-state index is 12.4. The molecule has 1 aromatic heterocycles. The first-order valence-electron chi connectivity index (χ1n) is 4.16. The number of H-pyrrole nitrogens is 1. The van der Waals surface area contributed by atoms with Gasteiger partial charge in [-0.3, -0.25) is 0 Å². The second-order valence-corrected chi connectivity index (χ2v) is 3.03. The van der Waals surface area contributed by atoms with Gasteiger partial charge in [0.1, 0.15) is 5.56 Å². The van der Waals surface area contributed by atoms with E-state index in [9.17, 15) is 41.3 Å². The van der Waals surface area contributed by atoms with E-state index in [1.807, 2.05) is 0 Å². The Hall–Kier alpha value is -2.27. The zero-order chi connectivity index (χ0) is 15.0. The van der Waals surface area contributed by atoms with Gasteiger partial charge in [-0.25, -0.2) is 9.78 Å². The van der Waals surface area contributed by atoms with Crippen LogP contribution in [0.15, 0.2) is 10.9 Å². The lowest BCUT2D eigenvalue weighted by molar-refractivity contribution is -0.393. The van der Waals surface area contributed by atoms with Gasteiger partial charge in [0.25, 0.3) is 0 Å². The van der Waals surface area contributed by atoms with Crippen LogP contribution in [0.4, 0.5) is 32.2 Å². The van der Waals surface area contributed by atoms with Crippen molar-refractivity contribution in [2.75, 3.05) is 0 Å². The molecule has 1 aromatic rings. The Labute approximate surface area is 98.3 Å². The third-order valence-corrected chi connectivity index (χ3v) is 1.68. The zero-order valence-corrected chi connectivity index (χ0v) is 8.43. The molecule has 106 valence electrons. The van der Waals surface area contributed by atoms with Gasteiger partial charge in [-0.1, -0.05) is 0 Å². The minimum absolute atomic E-state index is 0.270. The van der Waals surface area contributed by atoms with Crippen LogP contribution < -0.4 is 10.3 Å². The molecule has 0 spiro atoms. The quantitative estimate of drug-likeness (QED) is 0.514. The largest absolute Gasteiger partial charge is 0.573 e. The normalized spacial score (nSPS) is 12.3. The maximum absolute atomic E-state index is 12.4. The molecule has 0 amide bonds. The minimum Gasteiger partial charge on any atom is -0.396 e. The molecule has 1 rings (SSSR count). The molecule has 0 atom stereocenters. The molecule has 12 heteroatoms. The molecule has 0 unspecified atom stereocenters. The first kappa shape index (κ1) is 14.8. The summed E-state index contributed by atoms with van der Waals surface area (Å²) in [5.41, 5.74) is -3.78. The molecular formula is C7H2F6N2O4. The van der Waals surface area contributed by atoms with Crippen LogP contribution in [0.25, 0.3) is 0 Å². The fraction of sp³-hybridized carbons (Fsp3) is 0.286. The number of ether oxygens (including phenoxy) is 1. The molecule has 1 heterocycles. The van der Waals surface area contributed by atoms with E-state index in [-0.39, 0.29) is 6.07 Å². The lowest BCUT2D eigenvalue weighted by Gasteiger charge is -2.14. The van der Waals surface area contributed by atoms with Gasteiger partial charge in [0.15, 0.2) is 0 Å². The van der Waals surface area contributed by atoms with E-state index in [1.54, 1.807) is 0 Å². The topological polar surface area (TPSA) is 85.2 Å². The molecule has 0 saturated carbocycles. The molecule has 0 radical (unpaired) electrons. The summed E-state index contributed by atoms with van der Waals surface area (Å²) in [5.74, 6) is -3.96. The second-order valence-electron chi connectivity index (χ2n) is 3.03. The monoisotopic (exact) mass is 292 g/mol. The third kappa shape index (κ3) is 3.59. The number of nitrogens with one attached hydrogen (secondary N) is 1. The number of aromatic nitrogens is 1. The highest BCUT2D eigenvalue weighted by molar-refractivity contribution is 5.47. The average Bonchev–Trinajstić information content (AvgIpc) is 2.16. The number of pyridine rings is 1. The van der Waals surface area contributed by atoms with Crippen LogP contribution in [0.2, 0.25) is 0 Å². The second kappa shape index (κ2) is 4.44. The van der Waals surface area contributed by atoms with Crippen molar-refractivity contribution in [1.82, 2.24) is 4.98 Å². The Bertz CT molecular complexity index is 560. The summed E-state index contributed by atoms with van der Waals surface area (Å²) in [6.07, 6.45) is -11.0. The van der Waals surface area contributed by atoms with E-state index in [1.165, 1.54) is 4.98 Å². The average molecular weight is 292 g/mol. The van der Waals surface area contributed by atoms with E-state index in [0.29, 0.717) is 0 Å². The number of nitrogens with zero attached hydrogens (tertiary/aromatic N) is 1. The van der Waals surface area contributed by atoms with Crippen LogP contribution in [0.3, 0.4) is 0 Å². The zero-order valence-electron chi connectivity index (χ0n) is 8.43.